The number of benzene rings is 1. The van der Waals surface area contributed by atoms with Gasteiger partial charge in [-0.15, -0.1) is 11.3 Å². The van der Waals surface area contributed by atoms with Crippen molar-refractivity contribution in [3.63, 3.8) is 0 Å². The highest BCUT2D eigenvalue weighted by atomic mass is 32.1. The number of rotatable bonds is 4. The van der Waals surface area contributed by atoms with Crippen molar-refractivity contribution in [3.05, 3.63) is 59.1 Å². The van der Waals surface area contributed by atoms with Crippen LogP contribution in [0.5, 0.6) is 0 Å². The van der Waals surface area contributed by atoms with Crippen LogP contribution in [-0.4, -0.2) is 16.7 Å². The van der Waals surface area contributed by atoms with Crippen LogP contribution in [0.15, 0.2) is 48.7 Å². The van der Waals surface area contributed by atoms with Crippen molar-refractivity contribution < 1.29 is 9.59 Å². The zero-order valence-electron chi connectivity index (χ0n) is 12.8. The van der Waals surface area contributed by atoms with Crippen molar-refractivity contribution >= 4 is 38.9 Å². The number of carbonyl (C=O) groups excluding carboxylic acids is 2. The SMILES string of the molecule is Cc1c(C(=O)[C@@H](C#N)C(=O)Nc2ccccn2)sc2ccccc12. The third-order valence-corrected chi connectivity index (χ3v) is 4.92. The van der Waals surface area contributed by atoms with Crippen molar-refractivity contribution in [1.29, 1.82) is 5.26 Å². The molecule has 2 heterocycles. The Balaban J connectivity index is 1.90. The molecule has 1 aromatic carbocycles. The molecule has 0 saturated heterocycles. The molecule has 0 aliphatic rings. The Kier molecular flexibility index (Phi) is 4.36. The maximum absolute atomic E-state index is 12.7. The molecular formula is C18H13N3O2S. The molecule has 1 atom stereocenters. The molecule has 0 fully saturated rings. The quantitative estimate of drug-likeness (QED) is 0.583. The van der Waals surface area contributed by atoms with Crippen molar-refractivity contribution in [3.8, 4) is 6.07 Å². The fraction of sp³-hybridized carbons (Fsp3) is 0.111. The topological polar surface area (TPSA) is 82.8 Å². The van der Waals surface area contributed by atoms with Gasteiger partial charge in [0.25, 0.3) is 5.91 Å². The first kappa shape index (κ1) is 15.8. The van der Waals surface area contributed by atoms with Crippen LogP contribution in [0, 0.1) is 24.2 Å². The normalized spacial score (nSPS) is 11.7. The van der Waals surface area contributed by atoms with E-state index in [4.69, 9.17) is 0 Å². The summed E-state index contributed by atoms with van der Waals surface area (Å²) in [5, 5.41) is 12.8. The lowest BCUT2D eigenvalue weighted by Gasteiger charge is -2.08. The van der Waals surface area contributed by atoms with E-state index in [1.54, 1.807) is 18.2 Å². The highest BCUT2D eigenvalue weighted by Crippen LogP contribution is 2.32. The molecule has 1 amide bonds. The lowest BCUT2D eigenvalue weighted by molar-refractivity contribution is -0.117. The molecule has 3 rings (SSSR count). The van der Waals surface area contributed by atoms with Gasteiger partial charge >= 0.3 is 0 Å². The highest BCUT2D eigenvalue weighted by molar-refractivity contribution is 7.21. The highest BCUT2D eigenvalue weighted by Gasteiger charge is 2.30. The van der Waals surface area contributed by atoms with Crippen LogP contribution >= 0.6 is 11.3 Å². The number of hydrogen-bond acceptors (Lipinski definition) is 5. The average molecular weight is 335 g/mol. The number of carbonyl (C=O) groups is 2. The number of hydrogen-bond donors (Lipinski definition) is 1. The van der Waals surface area contributed by atoms with Crippen molar-refractivity contribution in [1.82, 2.24) is 4.98 Å². The van der Waals surface area contributed by atoms with Crippen LogP contribution < -0.4 is 5.32 Å². The van der Waals surface area contributed by atoms with Gasteiger partial charge in [-0.25, -0.2) is 4.98 Å². The number of thiophene rings is 1. The molecule has 6 heteroatoms. The van der Waals surface area contributed by atoms with E-state index in [0.29, 0.717) is 10.7 Å². The van der Waals surface area contributed by atoms with E-state index < -0.39 is 17.6 Å². The molecule has 2 aromatic heterocycles. The first-order chi connectivity index (χ1) is 11.6. The van der Waals surface area contributed by atoms with Crippen LogP contribution in [-0.2, 0) is 4.79 Å². The standard InChI is InChI=1S/C18H13N3O2S/c1-11-12-6-2-3-7-14(12)24-17(11)16(22)13(10-19)18(23)21-15-8-4-5-9-20-15/h2-9,13H,1H3,(H,20,21,23)/t13-/m1/s1. The summed E-state index contributed by atoms with van der Waals surface area (Å²) < 4.78 is 0.958. The Morgan fingerprint density at radius 1 is 1.21 bits per heavy atom. The minimum atomic E-state index is -1.40. The van der Waals surface area contributed by atoms with Gasteiger partial charge in [0.1, 0.15) is 5.82 Å². The second-order valence-corrected chi connectivity index (χ2v) is 6.24. The van der Waals surface area contributed by atoms with Crippen molar-refractivity contribution in [2.75, 3.05) is 5.32 Å². The molecule has 0 bridgehead atoms. The van der Waals surface area contributed by atoms with E-state index in [9.17, 15) is 14.9 Å². The number of ketones is 1. The van der Waals surface area contributed by atoms with E-state index in [0.717, 1.165) is 15.6 Å². The number of anilines is 1. The second-order valence-electron chi connectivity index (χ2n) is 5.18. The van der Waals surface area contributed by atoms with E-state index in [1.165, 1.54) is 17.5 Å². The van der Waals surface area contributed by atoms with Gasteiger partial charge in [0.2, 0.25) is 0 Å². The summed E-state index contributed by atoms with van der Waals surface area (Å²) in [7, 11) is 0. The molecule has 24 heavy (non-hydrogen) atoms. The number of nitrogens with one attached hydrogen (secondary N) is 1. The Labute approximate surface area is 142 Å². The maximum atomic E-state index is 12.7. The smallest absolute Gasteiger partial charge is 0.250 e. The molecule has 3 aromatic rings. The Morgan fingerprint density at radius 2 is 1.96 bits per heavy atom. The fourth-order valence-electron chi connectivity index (χ4n) is 2.41. The summed E-state index contributed by atoms with van der Waals surface area (Å²) in [5.41, 5.74) is 0.798. The Hall–Kier alpha value is -3.04. The van der Waals surface area contributed by atoms with Crippen LogP contribution in [0.25, 0.3) is 10.1 Å². The number of nitrogens with zero attached hydrogens (tertiary/aromatic N) is 2. The fourth-order valence-corrected chi connectivity index (χ4v) is 3.59. The summed E-state index contributed by atoms with van der Waals surface area (Å²) >= 11 is 1.30. The molecule has 118 valence electrons. The molecule has 0 saturated carbocycles. The third-order valence-electron chi connectivity index (χ3n) is 3.64. The molecule has 0 radical (unpaired) electrons. The van der Waals surface area contributed by atoms with Crippen LogP contribution in [0.4, 0.5) is 5.82 Å². The summed E-state index contributed by atoms with van der Waals surface area (Å²) in [5.74, 6) is -2.25. The Bertz CT molecular complexity index is 957. The molecular weight excluding hydrogens is 322 g/mol. The van der Waals surface area contributed by atoms with E-state index in [1.807, 2.05) is 37.3 Å². The van der Waals surface area contributed by atoms with E-state index in [2.05, 4.69) is 10.3 Å². The molecule has 0 unspecified atom stereocenters. The number of nitriles is 1. The van der Waals surface area contributed by atoms with Gasteiger partial charge in [-0.2, -0.15) is 5.26 Å². The minimum absolute atomic E-state index is 0.309. The first-order valence-electron chi connectivity index (χ1n) is 7.25. The molecule has 1 N–H and O–H groups in total. The first-order valence-corrected chi connectivity index (χ1v) is 8.07. The third kappa shape index (κ3) is 2.90. The number of aromatic nitrogens is 1. The predicted molar refractivity (Wildman–Crippen MR) is 92.9 cm³/mol. The second kappa shape index (κ2) is 6.60. The maximum Gasteiger partial charge on any atom is 0.250 e. The number of amides is 1. The van der Waals surface area contributed by atoms with Crippen LogP contribution in [0.3, 0.4) is 0 Å². The number of pyridine rings is 1. The van der Waals surface area contributed by atoms with Gasteiger partial charge in [0.15, 0.2) is 11.7 Å². The van der Waals surface area contributed by atoms with Gasteiger partial charge in [0.05, 0.1) is 10.9 Å². The van der Waals surface area contributed by atoms with Gasteiger partial charge in [-0.05, 0) is 36.1 Å². The van der Waals surface area contributed by atoms with Crippen molar-refractivity contribution in [2.24, 2.45) is 5.92 Å². The van der Waals surface area contributed by atoms with Gasteiger partial charge in [0, 0.05) is 10.9 Å². The van der Waals surface area contributed by atoms with E-state index >= 15 is 0 Å². The molecule has 0 spiro atoms. The largest absolute Gasteiger partial charge is 0.309 e. The zero-order chi connectivity index (χ0) is 17.1. The van der Waals surface area contributed by atoms with Crippen LogP contribution in [0.2, 0.25) is 0 Å². The zero-order valence-corrected chi connectivity index (χ0v) is 13.6. The number of Topliss-reactive ketones (excluding diaryl/α,β-unsaturated/α-hetero) is 1. The minimum Gasteiger partial charge on any atom is -0.309 e. The summed E-state index contributed by atoms with van der Waals surface area (Å²) in [4.78, 5) is 29.4. The van der Waals surface area contributed by atoms with Gasteiger partial charge in [-0.3, -0.25) is 9.59 Å². The number of fused-ring (bicyclic) bond motifs is 1. The molecule has 5 nitrogen and oxygen atoms in total. The molecule has 0 aliphatic carbocycles. The van der Waals surface area contributed by atoms with Crippen LogP contribution in [0.1, 0.15) is 15.2 Å². The van der Waals surface area contributed by atoms with Gasteiger partial charge < -0.3 is 5.32 Å². The summed E-state index contributed by atoms with van der Waals surface area (Å²) in [6.45, 7) is 1.83. The average Bonchev–Trinajstić information content (AvgIpc) is 2.93. The van der Waals surface area contributed by atoms with Gasteiger partial charge in [-0.1, -0.05) is 24.3 Å². The lowest BCUT2D eigenvalue weighted by atomic mass is 10.0. The summed E-state index contributed by atoms with van der Waals surface area (Å²) in [6, 6.07) is 14.5. The predicted octanol–water partition coefficient (Wildman–Crippen LogP) is 3.57. The lowest BCUT2D eigenvalue weighted by Crippen LogP contribution is -2.28. The Morgan fingerprint density at radius 3 is 2.62 bits per heavy atom. The summed E-state index contributed by atoms with van der Waals surface area (Å²) in [6.07, 6.45) is 1.52. The number of aryl methyl sites for hydroxylation is 1. The monoisotopic (exact) mass is 335 g/mol. The van der Waals surface area contributed by atoms with Crippen molar-refractivity contribution in [2.45, 2.75) is 6.92 Å². The molecule has 0 aliphatic heterocycles. The van der Waals surface area contributed by atoms with E-state index in [-0.39, 0.29) is 0 Å².